The summed E-state index contributed by atoms with van der Waals surface area (Å²) >= 11 is 0. The maximum Gasteiger partial charge on any atom is 0.378 e. The van der Waals surface area contributed by atoms with Crippen LogP contribution in [0.4, 0.5) is 0 Å². The van der Waals surface area contributed by atoms with Crippen LogP contribution in [0.1, 0.15) is 0 Å². The number of rotatable bonds is 5. The Morgan fingerprint density at radius 2 is 1.81 bits per heavy atom. The molecule has 1 aromatic rings. The fourth-order valence-electron chi connectivity index (χ4n) is 1.02. The second-order valence-electron chi connectivity index (χ2n) is 2.68. The molecule has 0 atom stereocenters. The molecule has 0 heterocycles. The third-order valence-electron chi connectivity index (χ3n) is 1.76. The van der Waals surface area contributed by atoms with E-state index in [0.717, 1.165) is 6.08 Å². The molecule has 1 rings (SSSR count). The molecule has 0 aromatic heterocycles. The Balaban J connectivity index is 2.90. The second-order valence-corrected chi connectivity index (χ2v) is 2.68. The smallest absolute Gasteiger partial charge is 0.378 e. The maximum absolute atomic E-state index is 10.8. The Hall–Kier alpha value is -2.17. The molecule has 0 saturated heterocycles. The first kappa shape index (κ1) is 11.9. The van der Waals surface area contributed by atoms with Crippen molar-refractivity contribution >= 4 is 5.97 Å². The molecule has 0 aliphatic rings. The van der Waals surface area contributed by atoms with Crippen molar-refractivity contribution in [2.24, 2.45) is 0 Å². The summed E-state index contributed by atoms with van der Waals surface area (Å²) in [7, 11) is 2.94. The van der Waals surface area contributed by atoms with Crippen molar-refractivity contribution in [2.75, 3.05) is 14.2 Å². The zero-order valence-electron chi connectivity index (χ0n) is 9.06. The van der Waals surface area contributed by atoms with Crippen molar-refractivity contribution < 1.29 is 24.0 Å². The molecule has 5 nitrogen and oxygen atoms in total. The van der Waals surface area contributed by atoms with Crippen LogP contribution in [-0.4, -0.2) is 20.2 Å². The number of methoxy groups -OCH3 is 2. The minimum absolute atomic E-state index is 0.197. The molecule has 0 saturated carbocycles. The lowest BCUT2D eigenvalue weighted by Gasteiger charge is -2.11. The molecule has 0 bridgehead atoms. The summed E-state index contributed by atoms with van der Waals surface area (Å²) < 4.78 is 10.1. The number of ether oxygens (including phenoxy) is 2. The van der Waals surface area contributed by atoms with Crippen molar-refractivity contribution in [1.82, 2.24) is 0 Å². The van der Waals surface area contributed by atoms with Crippen LogP contribution in [0.25, 0.3) is 0 Å². The third-order valence-corrected chi connectivity index (χ3v) is 1.76. The van der Waals surface area contributed by atoms with Crippen molar-refractivity contribution in [3.05, 3.63) is 30.9 Å². The van der Waals surface area contributed by atoms with Gasteiger partial charge >= 0.3 is 5.97 Å². The van der Waals surface area contributed by atoms with Crippen molar-refractivity contribution in [3.8, 4) is 17.2 Å². The number of benzene rings is 1. The van der Waals surface area contributed by atoms with Gasteiger partial charge in [0.1, 0.15) is 0 Å². The second kappa shape index (κ2) is 5.65. The minimum atomic E-state index is -0.701. The number of carbonyl (C=O) groups excluding carboxylic acids is 1. The molecule has 0 unspecified atom stereocenters. The highest BCUT2D eigenvalue weighted by atomic mass is 17.2. The number of hydrogen-bond donors (Lipinski definition) is 0. The molecule has 0 spiro atoms. The first-order valence-electron chi connectivity index (χ1n) is 4.44. The largest absolute Gasteiger partial charge is 0.493 e. The van der Waals surface area contributed by atoms with Gasteiger partial charge in [0.05, 0.1) is 14.2 Å². The average Bonchev–Trinajstić information content (AvgIpc) is 2.35. The maximum atomic E-state index is 10.8. The van der Waals surface area contributed by atoms with Crippen LogP contribution >= 0.6 is 0 Å². The van der Waals surface area contributed by atoms with Crippen LogP contribution in [0, 0.1) is 0 Å². The topological polar surface area (TPSA) is 54.0 Å². The van der Waals surface area contributed by atoms with E-state index in [-0.39, 0.29) is 5.75 Å². The summed E-state index contributed by atoms with van der Waals surface area (Å²) in [6, 6.07) is 5.03. The Kier molecular flexibility index (Phi) is 4.20. The molecular weight excluding hydrogens is 212 g/mol. The van der Waals surface area contributed by atoms with Gasteiger partial charge in [-0.25, -0.2) is 9.68 Å². The Labute approximate surface area is 93.1 Å². The van der Waals surface area contributed by atoms with E-state index in [2.05, 4.69) is 11.5 Å². The summed E-state index contributed by atoms with van der Waals surface area (Å²) in [5, 5.41) is 0. The first-order valence-corrected chi connectivity index (χ1v) is 4.44. The first-order chi connectivity index (χ1) is 7.72. The number of carbonyl (C=O) groups is 1. The fourth-order valence-corrected chi connectivity index (χ4v) is 1.02. The predicted molar refractivity (Wildman–Crippen MR) is 56.5 cm³/mol. The molecule has 5 heteroatoms. The molecule has 0 amide bonds. The summed E-state index contributed by atoms with van der Waals surface area (Å²) in [5.74, 6) is 0.295. The van der Waals surface area contributed by atoms with Crippen LogP contribution in [0.3, 0.4) is 0 Å². The number of hydrogen-bond acceptors (Lipinski definition) is 5. The van der Waals surface area contributed by atoms with E-state index in [9.17, 15) is 4.79 Å². The van der Waals surface area contributed by atoms with Crippen LogP contribution in [0.2, 0.25) is 0 Å². The quantitative estimate of drug-likeness (QED) is 0.433. The van der Waals surface area contributed by atoms with Crippen molar-refractivity contribution in [2.45, 2.75) is 0 Å². The van der Waals surface area contributed by atoms with Gasteiger partial charge < -0.3 is 9.47 Å². The van der Waals surface area contributed by atoms with Crippen molar-refractivity contribution in [1.29, 1.82) is 0 Å². The van der Waals surface area contributed by atoms with E-state index in [1.807, 2.05) is 0 Å². The van der Waals surface area contributed by atoms with E-state index in [1.165, 1.54) is 14.2 Å². The highest BCUT2D eigenvalue weighted by Gasteiger charge is 2.13. The van der Waals surface area contributed by atoms with E-state index >= 15 is 0 Å². The lowest BCUT2D eigenvalue weighted by atomic mass is 10.3. The molecule has 0 radical (unpaired) electrons. The molecule has 0 aliphatic carbocycles. The average molecular weight is 224 g/mol. The lowest BCUT2D eigenvalue weighted by Crippen LogP contribution is -2.06. The summed E-state index contributed by atoms with van der Waals surface area (Å²) in [4.78, 5) is 20.1. The van der Waals surface area contributed by atoms with Crippen LogP contribution in [0.5, 0.6) is 17.2 Å². The minimum Gasteiger partial charge on any atom is -0.493 e. The molecule has 0 fully saturated rings. The van der Waals surface area contributed by atoms with Crippen LogP contribution in [0.15, 0.2) is 30.9 Å². The van der Waals surface area contributed by atoms with E-state index in [0.29, 0.717) is 11.5 Å². The predicted octanol–water partition coefficient (Wildman–Crippen LogP) is 1.73. The van der Waals surface area contributed by atoms with E-state index in [1.54, 1.807) is 18.2 Å². The Morgan fingerprint density at radius 3 is 2.25 bits per heavy atom. The van der Waals surface area contributed by atoms with Gasteiger partial charge in [0.15, 0.2) is 11.5 Å². The lowest BCUT2D eigenvalue weighted by molar-refractivity contribution is -0.208. The van der Waals surface area contributed by atoms with Gasteiger partial charge in [-0.1, -0.05) is 12.6 Å². The fraction of sp³-hybridized carbons (Fsp3) is 0.182. The molecule has 0 aliphatic heterocycles. The Bertz CT molecular complexity index is 364. The molecular formula is C11H12O5. The third kappa shape index (κ3) is 2.66. The van der Waals surface area contributed by atoms with Gasteiger partial charge in [0.25, 0.3) is 5.75 Å². The summed E-state index contributed by atoms with van der Waals surface area (Å²) in [6.07, 6.45) is 0.988. The van der Waals surface area contributed by atoms with Gasteiger partial charge in [-0.3, -0.25) is 4.89 Å². The zero-order valence-corrected chi connectivity index (χ0v) is 9.06. The van der Waals surface area contributed by atoms with Crippen molar-refractivity contribution in [3.63, 3.8) is 0 Å². The Morgan fingerprint density at radius 1 is 1.25 bits per heavy atom. The SMILES string of the molecule is C=CC(=O)OOc1c(OC)cccc1OC. The molecule has 16 heavy (non-hydrogen) atoms. The van der Waals surface area contributed by atoms with E-state index in [4.69, 9.17) is 14.4 Å². The van der Waals surface area contributed by atoms with Gasteiger partial charge in [0.2, 0.25) is 0 Å². The monoisotopic (exact) mass is 224 g/mol. The number of para-hydroxylation sites is 1. The van der Waals surface area contributed by atoms with Crippen LogP contribution < -0.4 is 14.4 Å². The van der Waals surface area contributed by atoms with Gasteiger partial charge in [-0.05, 0) is 12.1 Å². The molecule has 86 valence electrons. The highest BCUT2D eigenvalue weighted by Crippen LogP contribution is 2.36. The zero-order chi connectivity index (χ0) is 12.0. The summed E-state index contributed by atoms with van der Waals surface area (Å²) in [6.45, 7) is 3.24. The summed E-state index contributed by atoms with van der Waals surface area (Å²) in [5.41, 5.74) is 0. The van der Waals surface area contributed by atoms with Gasteiger partial charge in [-0.2, -0.15) is 0 Å². The van der Waals surface area contributed by atoms with E-state index < -0.39 is 5.97 Å². The van der Waals surface area contributed by atoms with Gasteiger partial charge in [-0.15, -0.1) is 0 Å². The van der Waals surface area contributed by atoms with Crippen LogP contribution in [-0.2, 0) is 9.68 Å². The van der Waals surface area contributed by atoms with Gasteiger partial charge in [0, 0.05) is 6.08 Å². The molecule has 0 N–H and O–H groups in total. The highest BCUT2D eigenvalue weighted by molar-refractivity contribution is 5.80. The normalized spacial score (nSPS) is 9.12. The standard InChI is InChI=1S/C11H12O5/c1-4-10(12)15-16-11-8(13-2)6-5-7-9(11)14-3/h4-7H,1H2,2-3H3. The molecule has 1 aromatic carbocycles.